The van der Waals surface area contributed by atoms with Gasteiger partial charge >= 0.3 is 5.97 Å². The molecule has 0 unspecified atom stereocenters. The van der Waals surface area contributed by atoms with Crippen LogP contribution < -0.4 is 4.90 Å². The molecule has 5 heteroatoms. The van der Waals surface area contributed by atoms with E-state index in [1.807, 2.05) is 97.1 Å². The Labute approximate surface area is 318 Å². The molecule has 1 aliphatic carbocycles. The molecule has 1 aliphatic rings. The van der Waals surface area contributed by atoms with E-state index in [1.165, 1.54) is 22.3 Å². The first-order valence-electron chi connectivity index (χ1n) is 18.3. The zero-order valence-electron chi connectivity index (χ0n) is 30.5. The normalized spacial score (nSPS) is 12.4. The summed E-state index contributed by atoms with van der Waals surface area (Å²) in [6.07, 6.45) is 0. The summed E-state index contributed by atoms with van der Waals surface area (Å²) in [7, 11) is 6.10. The fourth-order valence-corrected chi connectivity index (χ4v) is 7.88. The predicted molar refractivity (Wildman–Crippen MR) is 221 cm³/mol. The lowest BCUT2D eigenvalue weighted by atomic mass is 9.82. The highest BCUT2D eigenvalue weighted by Crippen LogP contribution is 2.50. The molecule has 0 aliphatic heterocycles. The number of rotatable bonds is 9. The van der Waals surface area contributed by atoms with Crippen LogP contribution in [0.2, 0.25) is 0 Å². The maximum absolute atomic E-state index is 13.7. The third-order valence-corrected chi connectivity index (χ3v) is 10.5. The van der Waals surface area contributed by atoms with Crippen molar-refractivity contribution in [2.45, 2.75) is 26.2 Å². The van der Waals surface area contributed by atoms with Crippen molar-refractivity contribution in [1.82, 2.24) is 0 Å². The van der Waals surface area contributed by atoms with Gasteiger partial charge in [-0.3, -0.25) is 0 Å². The van der Waals surface area contributed by atoms with Gasteiger partial charge in [0.2, 0.25) is 0 Å². The van der Waals surface area contributed by atoms with Crippen molar-refractivity contribution in [2.24, 2.45) is 0 Å². The van der Waals surface area contributed by atoms with Crippen LogP contribution in [0.4, 0.5) is 17.1 Å². The number of benzene rings is 7. The van der Waals surface area contributed by atoms with Gasteiger partial charge in [-0.25, -0.2) is 4.79 Å². The zero-order chi connectivity index (χ0) is 37.4. The summed E-state index contributed by atoms with van der Waals surface area (Å²) in [5.74, 6) is -0.471. The van der Waals surface area contributed by atoms with Gasteiger partial charge in [0.15, 0.2) is 7.85 Å². The second kappa shape index (κ2) is 14.2. The van der Waals surface area contributed by atoms with Gasteiger partial charge in [0.05, 0.1) is 12.2 Å². The van der Waals surface area contributed by atoms with Crippen molar-refractivity contribution in [3.05, 3.63) is 186 Å². The molecule has 260 valence electrons. The third kappa shape index (κ3) is 6.12. The van der Waals surface area contributed by atoms with Crippen LogP contribution in [0.1, 0.15) is 52.6 Å². The fraction of sp³-hybridized carbons (Fsp3) is 0.102. The number of hydrogen-bond donors (Lipinski definition) is 0. The number of carbonyl (C=O) groups excluding carboxylic acids is 2. The van der Waals surface area contributed by atoms with Crippen molar-refractivity contribution < 1.29 is 14.3 Å². The van der Waals surface area contributed by atoms with Crippen LogP contribution in [-0.4, -0.2) is 26.1 Å². The molecule has 7 aromatic carbocycles. The van der Waals surface area contributed by atoms with Gasteiger partial charge < -0.3 is 14.4 Å². The molecule has 0 bridgehead atoms. The summed E-state index contributed by atoms with van der Waals surface area (Å²) < 4.78 is 5.58. The molecule has 8 rings (SSSR count). The van der Waals surface area contributed by atoms with Crippen molar-refractivity contribution in [3.8, 4) is 44.5 Å². The van der Waals surface area contributed by atoms with Crippen LogP contribution in [0.3, 0.4) is 0 Å². The first-order valence-corrected chi connectivity index (χ1v) is 18.3. The van der Waals surface area contributed by atoms with Crippen molar-refractivity contribution in [2.75, 3.05) is 11.5 Å². The summed E-state index contributed by atoms with van der Waals surface area (Å²) in [4.78, 5) is 29.1. The van der Waals surface area contributed by atoms with E-state index in [1.54, 1.807) is 19.1 Å². The minimum atomic E-state index is -0.587. The molecule has 0 fully saturated rings. The molecule has 4 nitrogen and oxygen atoms in total. The number of anilines is 3. The van der Waals surface area contributed by atoms with E-state index < -0.39 is 11.7 Å². The zero-order valence-corrected chi connectivity index (χ0v) is 30.5. The molecule has 54 heavy (non-hydrogen) atoms. The summed E-state index contributed by atoms with van der Waals surface area (Å²) in [6.45, 7) is 6.57. The van der Waals surface area contributed by atoms with Gasteiger partial charge in [-0.2, -0.15) is 0 Å². The third-order valence-electron chi connectivity index (χ3n) is 10.5. The lowest BCUT2D eigenvalue weighted by molar-refractivity contribution is 0.0527. The molecule has 0 heterocycles. The van der Waals surface area contributed by atoms with Crippen LogP contribution in [0.25, 0.3) is 44.5 Å². The molecule has 2 radical (unpaired) electrons. The molecule has 0 N–H and O–H groups in total. The first-order chi connectivity index (χ1) is 26.3. The molecule has 0 aromatic heterocycles. The molecule has 0 amide bonds. The molecule has 0 saturated heterocycles. The lowest BCUT2D eigenvalue weighted by Crippen LogP contribution is -2.16. The minimum absolute atomic E-state index is 0.149. The van der Waals surface area contributed by atoms with Crippen molar-refractivity contribution in [3.63, 3.8) is 0 Å². The summed E-state index contributed by atoms with van der Waals surface area (Å²) in [5.41, 5.74) is 12.7. The van der Waals surface area contributed by atoms with Gasteiger partial charge in [0.1, 0.15) is 5.68 Å². The number of fused-ring (bicyclic) bond motifs is 3. The first kappa shape index (κ1) is 34.6. The highest BCUT2D eigenvalue weighted by atomic mass is 16.5. The van der Waals surface area contributed by atoms with E-state index in [0.29, 0.717) is 22.3 Å². The number of hydrogen-bond acceptors (Lipinski definition) is 4. The second-order valence-electron chi connectivity index (χ2n) is 14.1. The Morgan fingerprint density at radius 2 is 1.06 bits per heavy atom. The Morgan fingerprint density at radius 3 is 1.74 bits per heavy atom. The van der Waals surface area contributed by atoms with E-state index in [4.69, 9.17) is 12.6 Å². The monoisotopic (exact) mass is 699 g/mol. The smallest absolute Gasteiger partial charge is 0.338 e. The van der Waals surface area contributed by atoms with Crippen LogP contribution in [0.15, 0.2) is 164 Å². The summed E-state index contributed by atoms with van der Waals surface area (Å²) in [6, 6.07) is 55.0. The van der Waals surface area contributed by atoms with E-state index in [-0.39, 0.29) is 12.0 Å². The van der Waals surface area contributed by atoms with Gasteiger partial charge in [-0.1, -0.05) is 129 Å². The maximum atomic E-state index is 13.7. The second-order valence-corrected chi connectivity index (χ2v) is 14.1. The number of esters is 1. The van der Waals surface area contributed by atoms with Crippen molar-refractivity contribution >= 4 is 36.6 Å². The van der Waals surface area contributed by atoms with Crippen LogP contribution in [0.5, 0.6) is 0 Å². The van der Waals surface area contributed by atoms with E-state index >= 15 is 0 Å². The average molecular weight is 700 g/mol. The Hall–Kier alpha value is -6.46. The quantitative estimate of drug-likeness (QED) is 0.111. The number of para-hydroxylation sites is 1. The summed E-state index contributed by atoms with van der Waals surface area (Å²) in [5, 5.41) is 0. The highest BCUT2D eigenvalue weighted by molar-refractivity contribution is 6.63. The Kier molecular flexibility index (Phi) is 9.08. The van der Waals surface area contributed by atoms with Crippen LogP contribution >= 0.6 is 0 Å². The largest absolute Gasteiger partial charge is 0.462 e. The average Bonchev–Trinajstić information content (AvgIpc) is 3.44. The molecule has 0 atom stereocenters. The number of carbonyl (C=O) groups is 2. The standard InChI is InChI=1S/C49H38BNO3/c1-4-54-48(53)44-30-41(43(47(50)52)31-42(44)38-20-12-11-19-37(38)32-15-7-5-8-16-32)33-23-25-35(26-24-33)51(34-17-9-6-10-18-34)36-27-28-40-39-21-13-14-22-45(39)49(2,3)46(40)29-36/h5-31H,4H2,1-3H3. The Morgan fingerprint density at radius 1 is 0.519 bits per heavy atom. The van der Waals surface area contributed by atoms with Gasteiger partial charge in [0.25, 0.3) is 0 Å². The molecule has 0 spiro atoms. The van der Waals surface area contributed by atoms with Gasteiger partial charge in [-0.05, 0) is 111 Å². The minimum Gasteiger partial charge on any atom is -0.462 e. The molecule has 7 aromatic rings. The predicted octanol–water partition coefficient (Wildman–Crippen LogP) is 11.9. The van der Waals surface area contributed by atoms with E-state index in [9.17, 15) is 9.59 Å². The molecular formula is C49H38BNO3. The van der Waals surface area contributed by atoms with Gasteiger partial charge in [-0.15, -0.1) is 0 Å². The number of nitrogens with zero attached hydrogens (tertiary/aromatic N) is 1. The maximum Gasteiger partial charge on any atom is 0.338 e. The molecule has 0 saturated carbocycles. The SMILES string of the molecule is [B]C(=O)c1cc(-c2ccccc2-c2ccccc2)c(C(=O)OCC)cc1-c1ccc(N(c2ccccc2)c2ccc3c(c2)C(C)(C)c2ccccc2-3)cc1. The van der Waals surface area contributed by atoms with Gasteiger partial charge in [0, 0.05) is 28.0 Å². The van der Waals surface area contributed by atoms with E-state index in [2.05, 4.69) is 73.3 Å². The van der Waals surface area contributed by atoms with E-state index in [0.717, 1.165) is 39.3 Å². The molecular weight excluding hydrogens is 661 g/mol. The Balaban J connectivity index is 1.24. The fourth-order valence-electron chi connectivity index (χ4n) is 7.88. The summed E-state index contributed by atoms with van der Waals surface area (Å²) >= 11 is 0. The topological polar surface area (TPSA) is 46.6 Å². The van der Waals surface area contributed by atoms with Crippen LogP contribution in [-0.2, 0) is 10.2 Å². The lowest BCUT2D eigenvalue weighted by Gasteiger charge is -2.28. The number of ether oxygens (including phenoxy) is 1. The van der Waals surface area contributed by atoms with Crippen molar-refractivity contribution in [1.29, 1.82) is 0 Å². The Bertz CT molecular complexity index is 2520. The van der Waals surface area contributed by atoms with Crippen LogP contribution in [0, 0.1) is 0 Å². The highest BCUT2D eigenvalue weighted by Gasteiger charge is 2.35.